The monoisotopic (exact) mass is 438 g/mol. The van der Waals surface area contributed by atoms with Gasteiger partial charge >= 0.3 is 23.9 Å². The fourth-order valence-corrected chi connectivity index (χ4v) is 3.10. The van der Waals surface area contributed by atoms with Crippen molar-refractivity contribution in [1.29, 1.82) is 0 Å². The van der Waals surface area contributed by atoms with Crippen molar-refractivity contribution in [3.63, 3.8) is 0 Å². The van der Waals surface area contributed by atoms with E-state index in [4.69, 9.17) is 28.4 Å². The highest BCUT2D eigenvalue weighted by Gasteiger charge is 2.53. The highest BCUT2D eigenvalue weighted by molar-refractivity contribution is 5.68. The quantitative estimate of drug-likeness (QED) is 0.456. The molecule has 0 aromatic heterocycles. The van der Waals surface area contributed by atoms with Crippen LogP contribution in [0.2, 0.25) is 0 Å². The predicted molar refractivity (Wildman–Crippen MR) is 104 cm³/mol. The summed E-state index contributed by atoms with van der Waals surface area (Å²) in [7, 11) is 0. The van der Waals surface area contributed by atoms with Crippen LogP contribution in [0.5, 0.6) is 5.75 Å². The van der Waals surface area contributed by atoms with Gasteiger partial charge in [0, 0.05) is 27.7 Å². The normalized spacial score (nSPS) is 25.1. The number of rotatable bonds is 7. The molecule has 1 saturated heterocycles. The molecular formula is C21H26O10. The number of benzene rings is 1. The predicted octanol–water partition coefficient (Wildman–Crippen LogP) is 1.46. The molecule has 170 valence electrons. The van der Waals surface area contributed by atoms with Crippen LogP contribution in [0.1, 0.15) is 33.3 Å². The smallest absolute Gasteiger partial charge is 0.303 e. The molecule has 1 fully saturated rings. The topological polar surface area (TPSA) is 124 Å². The number of hydrogen-bond donors (Lipinski definition) is 0. The molecule has 0 unspecified atom stereocenters. The van der Waals surface area contributed by atoms with Crippen molar-refractivity contribution in [3.8, 4) is 5.75 Å². The van der Waals surface area contributed by atoms with Crippen LogP contribution in [-0.4, -0.2) is 61.2 Å². The number of carbonyl (C=O) groups excluding carboxylic acids is 4. The summed E-state index contributed by atoms with van der Waals surface area (Å²) in [6, 6.07) is 7.05. The van der Waals surface area contributed by atoms with Gasteiger partial charge in [0.05, 0.1) is 0 Å². The highest BCUT2D eigenvalue weighted by atomic mass is 16.7. The second-order valence-corrected chi connectivity index (χ2v) is 6.95. The first-order chi connectivity index (χ1) is 14.6. The van der Waals surface area contributed by atoms with Gasteiger partial charge in [0.25, 0.3) is 0 Å². The van der Waals surface area contributed by atoms with Crippen LogP contribution in [0.4, 0.5) is 0 Å². The molecule has 0 N–H and O–H groups in total. The van der Waals surface area contributed by atoms with E-state index in [9.17, 15) is 19.2 Å². The Balaban J connectivity index is 2.46. The maximum Gasteiger partial charge on any atom is 0.303 e. The van der Waals surface area contributed by atoms with Crippen LogP contribution >= 0.6 is 0 Å². The van der Waals surface area contributed by atoms with E-state index in [0.29, 0.717) is 5.75 Å². The Labute approximate surface area is 179 Å². The summed E-state index contributed by atoms with van der Waals surface area (Å²) in [5.41, 5.74) is 0.773. The Hall–Kier alpha value is -3.14. The maximum atomic E-state index is 11.8. The lowest BCUT2D eigenvalue weighted by Gasteiger charge is -2.44. The number of hydrogen-bond acceptors (Lipinski definition) is 10. The third kappa shape index (κ3) is 6.95. The number of aryl methyl sites for hydroxylation is 1. The lowest BCUT2D eigenvalue weighted by atomic mass is 9.98. The highest BCUT2D eigenvalue weighted by Crippen LogP contribution is 2.31. The van der Waals surface area contributed by atoms with Gasteiger partial charge in [-0.05, 0) is 18.6 Å². The summed E-state index contributed by atoms with van der Waals surface area (Å²) >= 11 is 0. The number of para-hydroxylation sites is 1. The lowest BCUT2D eigenvalue weighted by Crippen LogP contribution is -2.63. The SMILES string of the molecule is CC(=O)OC[C@@H]1O[C@H](Oc2ccccc2C)[C@@H](OC(C)=O)[C@H](OC(C)=O)[C@@H]1OC(C)=O. The zero-order valence-corrected chi connectivity index (χ0v) is 18.0. The molecule has 1 aliphatic rings. The first kappa shape index (κ1) is 24.1. The minimum atomic E-state index is -1.27. The molecule has 5 atom stereocenters. The first-order valence-electron chi connectivity index (χ1n) is 9.61. The van der Waals surface area contributed by atoms with Crippen LogP contribution in [-0.2, 0) is 42.9 Å². The molecule has 0 saturated carbocycles. The van der Waals surface area contributed by atoms with Crippen molar-refractivity contribution in [2.45, 2.75) is 65.3 Å². The first-order valence-corrected chi connectivity index (χ1v) is 9.61. The molecule has 1 aromatic rings. The lowest BCUT2D eigenvalue weighted by molar-refractivity contribution is -0.288. The van der Waals surface area contributed by atoms with Gasteiger partial charge in [-0.1, -0.05) is 18.2 Å². The Morgan fingerprint density at radius 2 is 1.35 bits per heavy atom. The molecular weight excluding hydrogens is 412 g/mol. The van der Waals surface area contributed by atoms with Crippen molar-refractivity contribution in [1.82, 2.24) is 0 Å². The summed E-state index contributed by atoms with van der Waals surface area (Å²) < 4.78 is 32.9. The molecule has 0 bridgehead atoms. The number of ether oxygens (including phenoxy) is 6. The minimum absolute atomic E-state index is 0.314. The van der Waals surface area contributed by atoms with Crippen LogP contribution < -0.4 is 4.74 Å². The van der Waals surface area contributed by atoms with Crippen LogP contribution in [0.25, 0.3) is 0 Å². The number of esters is 4. The third-order valence-electron chi connectivity index (χ3n) is 4.28. The standard InChI is InChI=1S/C21H26O10/c1-11-8-6-7-9-16(11)30-21-20(29-15(5)25)19(28-14(4)24)18(27-13(3)23)17(31-21)10-26-12(2)22/h6-9,17-21H,10H2,1-5H3/t17-,18+,19+,20-,21-/m0/s1. The van der Waals surface area contributed by atoms with Crippen LogP contribution in [0.3, 0.4) is 0 Å². The van der Waals surface area contributed by atoms with Crippen molar-refractivity contribution in [3.05, 3.63) is 29.8 Å². The average Bonchev–Trinajstić information content (AvgIpc) is 2.65. The Bertz CT molecular complexity index is 820. The molecule has 0 radical (unpaired) electrons. The van der Waals surface area contributed by atoms with Crippen molar-refractivity contribution in [2.24, 2.45) is 0 Å². The second kappa shape index (κ2) is 10.8. The van der Waals surface area contributed by atoms with Crippen molar-refractivity contribution in [2.75, 3.05) is 6.61 Å². The molecule has 10 heteroatoms. The fraction of sp³-hybridized carbons (Fsp3) is 0.524. The van der Waals surface area contributed by atoms with E-state index in [1.54, 1.807) is 25.1 Å². The fourth-order valence-electron chi connectivity index (χ4n) is 3.10. The third-order valence-corrected chi connectivity index (χ3v) is 4.28. The zero-order valence-electron chi connectivity index (χ0n) is 18.0. The van der Waals surface area contributed by atoms with E-state index in [-0.39, 0.29) is 6.61 Å². The van der Waals surface area contributed by atoms with E-state index in [1.807, 2.05) is 6.07 Å². The molecule has 1 aliphatic heterocycles. The summed E-state index contributed by atoms with van der Waals surface area (Å²) in [6.45, 7) is 6.18. The van der Waals surface area contributed by atoms with Gasteiger partial charge in [0.2, 0.25) is 12.4 Å². The van der Waals surface area contributed by atoms with Gasteiger partial charge in [0.15, 0.2) is 12.2 Å². The second-order valence-electron chi connectivity index (χ2n) is 6.95. The largest absolute Gasteiger partial charge is 0.463 e. The van der Waals surface area contributed by atoms with Crippen LogP contribution in [0.15, 0.2) is 24.3 Å². The van der Waals surface area contributed by atoms with E-state index in [0.717, 1.165) is 19.4 Å². The van der Waals surface area contributed by atoms with E-state index >= 15 is 0 Å². The van der Waals surface area contributed by atoms with E-state index in [2.05, 4.69) is 0 Å². The molecule has 0 amide bonds. The van der Waals surface area contributed by atoms with Crippen LogP contribution in [0, 0.1) is 6.92 Å². The van der Waals surface area contributed by atoms with E-state index in [1.165, 1.54) is 13.8 Å². The van der Waals surface area contributed by atoms with Gasteiger partial charge in [0.1, 0.15) is 18.5 Å². The molecule has 1 aromatic carbocycles. The van der Waals surface area contributed by atoms with Gasteiger partial charge in [-0.25, -0.2) is 0 Å². The summed E-state index contributed by atoms with van der Waals surface area (Å²) in [5, 5.41) is 0. The Morgan fingerprint density at radius 1 is 0.806 bits per heavy atom. The zero-order chi connectivity index (χ0) is 23.1. The molecule has 2 rings (SSSR count). The minimum Gasteiger partial charge on any atom is -0.463 e. The average molecular weight is 438 g/mol. The summed E-state index contributed by atoms with van der Waals surface area (Å²) in [4.78, 5) is 46.6. The molecule has 0 spiro atoms. The maximum absolute atomic E-state index is 11.8. The van der Waals surface area contributed by atoms with Crippen molar-refractivity contribution >= 4 is 23.9 Å². The summed E-state index contributed by atoms with van der Waals surface area (Å²) in [5.74, 6) is -2.25. The van der Waals surface area contributed by atoms with Gasteiger partial charge in [-0.3, -0.25) is 19.2 Å². The molecule has 10 nitrogen and oxygen atoms in total. The van der Waals surface area contributed by atoms with Gasteiger partial charge in [-0.15, -0.1) is 0 Å². The van der Waals surface area contributed by atoms with E-state index < -0.39 is 54.6 Å². The summed E-state index contributed by atoms with van der Waals surface area (Å²) in [6.07, 6.45) is -6.06. The van der Waals surface area contributed by atoms with Gasteiger partial charge in [-0.2, -0.15) is 0 Å². The molecule has 31 heavy (non-hydrogen) atoms. The molecule has 1 heterocycles. The van der Waals surface area contributed by atoms with Crippen molar-refractivity contribution < 1.29 is 47.6 Å². The van der Waals surface area contributed by atoms with Gasteiger partial charge < -0.3 is 28.4 Å². The Morgan fingerprint density at radius 3 is 1.90 bits per heavy atom. The number of carbonyl (C=O) groups is 4. The molecule has 0 aliphatic carbocycles. The Kier molecular flexibility index (Phi) is 8.38.